The molecule has 0 bridgehead atoms. The minimum atomic E-state index is -0.813. The Labute approximate surface area is 169 Å². The summed E-state index contributed by atoms with van der Waals surface area (Å²) in [6.07, 6.45) is -0.355. The Morgan fingerprint density at radius 1 is 0.966 bits per heavy atom. The van der Waals surface area contributed by atoms with Crippen LogP contribution >= 0.6 is 0 Å². The minimum absolute atomic E-state index is 0.275. The van der Waals surface area contributed by atoms with Crippen molar-refractivity contribution in [2.24, 2.45) is 0 Å². The van der Waals surface area contributed by atoms with E-state index in [0.717, 1.165) is 5.56 Å². The first kappa shape index (κ1) is 21.9. The summed E-state index contributed by atoms with van der Waals surface area (Å²) in [4.78, 5) is 45.4. The fourth-order valence-electron chi connectivity index (χ4n) is 2.49. The molecule has 1 N–H and O–H groups in total. The zero-order valence-electron chi connectivity index (χ0n) is 16.9. The van der Waals surface area contributed by atoms with Crippen LogP contribution in [0.15, 0.2) is 54.6 Å². The van der Waals surface area contributed by atoms with Gasteiger partial charge in [-0.3, -0.25) is 14.6 Å². The fraction of sp³-hybridized carbons (Fsp3) is 0.318. The Morgan fingerprint density at radius 3 is 2.14 bits per heavy atom. The van der Waals surface area contributed by atoms with E-state index in [1.54, 1.807) is 20.8 Å². The number of benzene rings is 2. The second-order valence-electron chi connectivity index (χ2n) is 7.44. The van der Waals surface area contributed by atoms with Gasteiger partial charge in [-0.2, -0.15) is 0 Å². The van der Waals surface area contributed by atoms with Crippen molar-refractivity contribution in [2.45, 2.75) is 45.8 Å². The second-order valence-corrected chi connectivity index (χ2v) is 7.44. The molecular formula is C22H25NO6. The monoisotopic (exact) mass is 399 g/mol. The van der Waals surface area contributed by atoms with Crippen molar-refractivity contribution in [3.05, 3.63) is 65.7 Å². The first-order valence-electron chi connectivity index (χ1n) is 9.17. The van der Waals surface area contributed by atoms with Gasteiger partial charge < -0.3 is 10.1 Å². The molecule has 0 aliphatic carbocycles. The molecule has 0 saturated carbocycles. The summed E-state index contributed by atoms with van der Waals surface area (Å²) < 4.78 is 5.29. The van der Waals surface area contributed by atoms with Gasteiger partial charge in [0.05, 0.1) is 6.04 Å². The van der Waals surface area contributed by atoms with Gasteiger partial charge in [0.15, 0.2) is 11.5 Å². The minimum Gasteiger partial charge on any atom is -0.444 e. The number of ketones is 1. The van der Waals surface area contributed by atoms with Crippen LogP contribution in [-0.2, 0) is 20.8 Å². The zero-order valence-corrected chi connectivity index (χ0v) is 16.9. The highest BCUT2D eigenvalue weighted by Gasteiger charge is 2.25. The maximum Gasteiger partial charge on any atom is 0.408 e. The molecule has 0 fully saturated rings. The highest BCUT2D eigenvalue weighted by atomic mass is 17.2. The average molecular weight is 399 g/mol. The van der Waals surface area contributed by atoms with Gasteiger partial charge in [0.2, 0.25) is 0 Å². The van der Waals surface area contributed by atoms with Crippen LogP contribution in [-0.4, -0.2) is 29.5 Å². The third-order valence-electron chi connectivity index (χ3n) is 3.68. The Bertz CT molecular complexity index is 840. The summed E-state index contributed by atoms with van der Waals surface area (Å²) in [5.74, 6) is -0.593. The molecule has 2 aromatic carbocycles. The van der Waals surface area contributed by atoms with Gasteiger partial charge in [-0.1, -0.05) is 30.3 Å². The molecule has 0 radical (unpaired) electrons. The highest BCUT2D eigenvalue weighted by Crippen LogP contribution is 2.16. The number of carbonyl (C=O) groups excluding carboxylic acids is 3. The molecule has 29 heavy (non-hydrogen) atoms. The van der Waals surface area contributed by atoms with E-state index in [0.29, 0.717) is 12.0 Å². The molecule has 0 aliphatic heterocycles. The number of alkyl carbamates (subject to hydrolysis) is 1. The topological polar surface area (TPSA) is 90.9 Å². The maximum atomic E-state index is 13.0. The average Bonchev–Trinajstić information content (AvgIpc) is 2.65. The number of amides is 1. The van der Waals surface area contributed by atoms with Crippen molar-refractivity contribution >= 4 is 17.8 Å². The normalized spacial score (nSPS) is 11.9. The summed E-state index contributed by atoms with van der Waals surface area (Å²) in [5, 5.41) is 2.66. The van der Waals surface area contributed by atoms with Gasteiger partial charge in [0.1, 0.15) is 5.60 Å². The Morgan fingerprint density at radius 2 is 1.59 bits per heavy atom. The van der Waals surface area contributed by atoms with E-state index in [2.05, 4.69) is 10.2 Å². The van der Waals surface area contributed by atoms with Crippen LogP contribution in [0.5, 0.6) is 5.75 Å². The van der Waals surface area contributed by atoms with Crippen LogP contribution in [0.2, 0.25) is 0 Å². The van der Waals surface area contributed by atoms with Crippen molar-refractivity contribution in [1.29, 1.82) is 0 Å². The van der Waals surface area contributed by atoms with Crippen LogP contribution in [0.1, 0.15) is 43.6 Å². The molecule has 7 heteroatoms. The molecule has 1 amide bonds. The van der Waals surface area contributed by atoms with Gasteiger partial charge in [0.25, 0.3) is 0 Å². The van der Waals surface area contributed by atoms with Crippen molar-refractivity contribution < 1.29 is 28.9 Å². The van der Waals surface area contributed by atoms with E-state index >= 15 is 0 Å². The van der Waals surface area contributed by atoms with Crippen LogP contribution in [0.25, 0.3) is 0 Å². The van der Waals surface area contributed by atoms with Gasteiger partial charge in [-0.15, -0.1) is 0 Å². The number of hydrogen-bond acceptors (Lipinski definition) is 6. The standard InChI is InChI=1S/C22H25NO6/c1-15(24)28-29-18-12-10-17(11-13-18)20(25)19(14-16-8-6-5-7-9-16)23-21(26)27-22(2,3)4/h5-13,19H,14H2,1-4H3,(H,23,26). The summed E-state index contributed by atoms with van der Waals surface area (Å²) in [6, 6.07) is 14.6. The second kappa shape index (κ2) is 9.73. The molecule has 0 saturated heterocycles. The fourth-order valence-corrected chi connectivity index (χ4v) is 2.49. The molecule has 0 spiro atoms. The molecule has 0 aromatic heterocycles. The van der Waals surface area contributed by atoms with Crippen molar-refractivity contribution in [2.75, 3.05) is 0 Å². The Kier molecular flexibility index (Phi) is 7.36. The van der Waals surface area contributed by atoms with Gasteiger partial charge >= 0.3 is 12.1 Å². The third kappa shape index (κ3) is 7.65. The van der Waals surface area contributed by atoms with E-state index in [-0.39, 0.29) is 11.5 Å². The molecule has 2 aromatic rings. The summed E-state index contributed by atoms with van der Waals surface area (Å²) in [7, 11) is 0. The molecule has 7 nitrogen and oxygen atoms in total. The van der Waals surface area contributed by atoms with E-state index < -0.39 is 23.7 Å². The molecule has 1 atom stereocenters. The SMILES string of the molecule is CC(=O)OOc1ccc(C(=O)C(Cc2ccccc2)NC(=O)OC(C)(C)C)cc1. The Balaban J connectivity index is 2.16. The number of Topliss-reactive ketones (excluding diaryl/α,β-unsaturated/α-hetero) is 1. The quantitative estimate of drug-likeness (QED) is 0.432. The lowest BCUT2D eigenvalue weighted by atomic mass is 9.97. The lowest BCUT2D eigenvalue weighted by Crippen LogP contribution is -2.44. The van der Waals surface area contributed by atoms with Crippen LogP contribution in [0.4, 0.5) is 4.79 Å². The molecular weight excluding hydrogens is 374 g/mol. The van der Waals surface area contributed by atoms with Crippen molar-refractivity contribution in [1.82, 2.24) is 5.32 Å². The molecule has 154 valence electrons. The van der Waals surface area contributed by atoms with Crippen molar-refractivity contribution in [3.8, 4) is 5.75 Å². The van der Waals surface area contributed by atoms with Gasteiger partial charge in [-0.25, -0.2) is 9.59 Å². The van der Waals surface area contributed by atoms with Crippen LogP contribution in [0.3, 0.4) is 0 Å². The third-order valence-corrected chi connectivity index (χ3v) is 3.68. The van der Waals surface area contributed by atoms with E-state index in [1.807, 2.05) is 30.3 Å². The summed E-state index contributed by atoms with van der Waals surface area (Å²) >= 11 is 0. The summed E-state index contributed by atoms with van der Waals surface area (Å²) in [6.45, 7) is 6.47. The zero-order chi connectivity index (χ0) is 21.4. The molecule has 0 heterocycles. The van der Waals surface area contributed by atoms with E-state index in [1.165, 1.54) is 31.2 Å². The van der Waals surface area contributed by atoms with Crippen LogP contribution in [0, 0.1) is 0 Å². The number of nitrogens with one attached hydrogen (secondary N) is 1. The lowest BCUT2D eigenvalue weighted by molar-refractivity contribution is -0.210. The number of carbonyl (C=O) groups is 3. The number of hydrogen-bond donors (Lipinski definition) is 1. The smallest absolute Gasteiger partial charge is 0.408 e. The Hall–Kier alpha value is -3.35. The van der Waals surface area contributed by atoms with E-state index in [4.69, 9.17) is 9.62 Å². The molecule has 2 rings (SSSR count). The number of ether oxygens (including phenoxy) is 1. The molecule has 0 aliphatic rings. The van der Waals surface area contributed by atoms with Gasteiger partial charge in [0, 0.05) is 18.9 Å². The lowest BCUT2D eigenvalue weighted by Gasteiger charge is -2.23. The van der Waals surface area contributed by atoms with E-state index in [9.17, 15) is 14.4 Å². The largest absolute Gasteiger partial charge is 0.444 e. The first-order chi connectivity index (χ1) is 13.6. The summed E-state index contributed by atoms with van der Waals surface area (Å²) in [5.41, 5.74) is 0.592. The molecule has 1 unspecified atom stereocenters. The van der Waals surface area contributed by atoms with Crippen LogP contribution < -0.4 is 10.2 Å². The highest BCUT2D eigenvalue weighted by molar-refractivity contribution is 6.01. The first-order valence-corrected chi connectivity index (χ1v) is 9.17. The maximum absolute atomic E-state index is 13.0. The van der Waals surface area contributed by atoms with Crippen molar-refractivity contribution in [3.63, 3.8) is 0 Å². The van der Waals surface area contributed by atoms with Gasteiger partial charge in [-0.05, 0) is 50.6 Å². The predicted molar refractivity (Wildman–Crippen MR) is 106 cm³/mol. The predicted octanol–water partition coefficient (Wildman–Crippen LogP) is 3.86. The number of rotatable bonds is 7.